The lowest BCUT2D eigenvalue weighted by Crippen LogP contribution is -2.36. The fraction of sp³-hybridized carbons (Fsp3) is 0.727. The first-order valence-electron chi connectivity index (χ1n) is 6.35. The number of nitrogens with one attached hydrogen (secondary N) is 2. The molecule has 1 aliphatic heterocycles. The highest BCUT2D eigenvalue weighted by molar-refractivity contribution is 7.89. The normalized spacial score (nSPS) is 18.1. The molecule has 1 fully saturated rings. The monoisotopic (exact) mass is 272 g/mol. The third-order valence-electron chi connectivity index (χ3n) is 3.27. The Kier molecular flexibility index (Phi) is 4.36. The van der Waals surface area contributed by atoms with E-state index in [2.05, 4.69) is 15.1 Å². The first-order chi connectivity index (χ1) is 8.63. The second-order valence-electron chi connectivity index (χ2n) is 4.53. The molecule has 0 spiro atoms. The Balaban J connectivity index is 1.99. The molecule has 7 heteroatoms. The first kappa shape index (κ1) is 13.5. The van der Waals surface area contributed by atoms with Crippen LogP contribution in [0.4, 0.5) is 0 Å². The molecule has 0 amide bonds. The molecule has 6 nitrogen and oxygen atoms in total. The van der Waals surface area contributed by atoms with Gasteiger partial charge in [-0.1, -0.05) is 0 Å². The SMILES string of the molecule is CCn1nccc1S(=O)(=O)NCC1CCNCC1. The molecule has 0 bridgehead atoms. The zero-order chi connectivity index (χ0) is 13.0. The topological polar surface area (TPSA) is 76.0 Å². The maximum Gasteiger partial charge on any atom is 0.257 e. The number of hydrogen-bond acceptors (Lipinski definition) is 4. The van der Waals surface area contributed by atoms with Crippen molar-refractivity contribution in [3.63, 3.8) is 0 Å². The minimum absolute atomic E-state index is 0.249. The van der Waals surface area contributed by atoms with Gasteiger partial charge in [-0.25, -0.2) is 13.1 Å². The number of hydrogen-bond donors (Lipinski definition) is 2. The molecule has 18 heavy (non-hydrogen) atoms. The van der Waals surface area contributed by atoms with Crippen LogP contribution in [-0.2, 0) is 16.6 Å². The Hall–Kier alpha value is -0.920. The molecule has 2 N–H and O–H groups in total. The van der Waals surface area contributed by atoms with E-state index in [1.54, 1.807) is 0 Å². The average Bonchev–Trinajstić information content (AvgIpc) is 2.87. The van der Waals surface area contributed by atoms with Crippen molar-refractivity contribution in [2.75, 3.05) is 19.6 Å². The summed E-state index contributed by atoms with van der Waals surface area (Å²) >= 11 is 0. The van der Waals surface area contributed by atoms with Crippen LogP contribution in [0, 0.1) is 5.92 Å². The highest BCUT2D eigenvalue weighted by Crippen LogP contribution is 2.13. The minimum atomic E-state index is -3.43. The van der Waals surface area contributed by atoms with Crippen LogP contribution in [0.2, 0.25) is 0 Å². The molecule has 2 heterocycles. The maximum atomic E-state index is 12.1. The lowest BCUT2D eigenvalue weighted by atomic mass is 9.99. The van der Waals surface area contributed by atoms with E-state index < -0.39 is 10.0 Å². The second-order valence-corrected chi connectivity index (χ2v) is 6.24. The number of sulfonamides is 1. The van der Waals surface area contributed by atoms with Gasteiger partial charge in [0.1, 0.15) is 0 Å². The van der Waals surface area contributed by atoms with E-state index >= 15 is 0 Å². The van der Waals surface area contributed by atoms with Crippen LogP contribution in [0.5, 0.6) is 0 Å². The Bertz CT molecular complexity index is 477. The number of rotatable bonds is 5. The molecule has 2 rings (SSSR count). The fourth-order valence-electron chi connectivity index (χ4n) is 2.17. The largest absolute Gasteiger partial charge is 0.317 e. The molecule has 102 valence electrons. The van der Waals surface area contributed by atoms with Gasteiger partial charge < -0.3 is 5.32 Å². The molecule has 0 atom stereocenters. The van der Waals surface area contributed by atoms with Crippen LogP contribution >= 0.6 is 0 Å². The van der Waals surface area contributed by atoms with Crippen LogP contribution in [-0.4, -0.2) is 37.8 Å². The third kappa shape index (κ3) is 3.09. The minimum Gasteiger partial charge on any atom is -0.317 e. The van der Waals surface area contributed by atoms with Crippen LogP contribution in [0.1, 0.15) is 19.8 Å². The molecule has 0 unspecified atom stereocenters. The van der Waals surface area contributed by atoms with Crippen molar-refractivity contribution in [3.05, 3.63) is 12.3 Å². The highest BCUT2D eigenvalue weighted by atomic mass is 32.2. The Morgan fingerprint density at radius 1 is 1.50 bits per heavy atom. The summed E-state index contributed by atoms with van der Waals surface area (Å²) in [6.07, 6.45) is 3.56. The van der Waals surface area contributed by atoms with Crippen molar-refractivity contribution in [1.82, 2.24) is 19.8 Å². The molecule has 1 saturated heterocycles. The van der Waals surface area contributed by atoms with E-state index in [9.17, 15) is 8.42 Å². The van der Waals surface area contributed by atoms with Gasteiger partial charge in [-0.3, -0.25) is 4.68 Å². The summed E-state index contributed by atoms with van der Waals surface area (Å²) in [4.78, 5) is 0. The number of aromatic nitrogens is 2. The lowest BCUT2D eigenvalue weighted by molar-refractivity contribution is 0.372. The molecule has 1 aliphatic rings. The lowest BCUT2D eigenvalue weighted by Gasteiger charge is -2.22. The predicted molar refractivity (Wildman–Crippen MR) is 68.7 cm³/mol. The summed E-state index contributed by atoms with van der Waals surface area (Å²) < 4.78 is 28.4. The summed E-state index contributed by atoms with van der Waals surface area (Å²) in [5, 5.41) is 7.50. The number of piperidine rings is 1. The van der Waals surface area contributed by atoms with Crippen molar-refractivity contribution in [2.45, 2.75) is 31.3 Å². The van der Waals surface area contributed by atoms with Crippen molar-refractivity contribution < 1.29 is 8.42 Å². The van der Waals surface area contributed by atoms with Gasteiger partial charge in [0, 0.05) is 13.1 Å². The first-order valence-corrected chi connectivity index (χ1v) is 7.84. The zero-order valence-corrected chi connectivity index (χ0v) is 11.4. The van der Waals surface area contributed by atoms with Gasteiger partial charge >= 0.3 is 0 Å². The Labute approximate surface area is 108 Å². The van der Waals surface area contributed by atoms with Crippen LogP contribution in [0.15, 0.2) is 17.3 Å². The molecule has 1 aromatic rings. The molecule has 0 aliphatic carbocycles. The fourth-order valence-corrected chi connectivity index (χ4v) is 3.47. The standard InChI is InChI=1S/C11H20N4O2S/c1-2-15-11(5-8-13-15)18(16,17)14-9-10-3-6-12-7-4-10/h5,8,10,12,14H,2-4,6-7,9H2,1H3. The van der Waals surface area contributed by atoms with Gasteiger partial charge in [-0.05, 0) is 44.8 Å². The van der Waals surface area contributed by atoms with Gasteiger partial charge in [0.05, 0.1) is 6.20 Å². The second kappa shape index (κ2) is 5.81. The highest BCUT2D eigenvalue weighted by Gasteiger charge is 2.21. The van der Waals surface area contributed by atoms with Crippen molar-refractivity contribution in [2.24, 2.45) is 5.92 Å². The smallest absolute Gasteiger partial charge is 0.257 e. The van der Waals surface area contributed by atoms with E-state index in [1.807, 2.05) is 6.92 Å². The number of nitrogens with zero attached hydrogens (tertiary/aromatic N) is 2. The van der Waals surface area contributed by atoms with Gasteiger partial charge in [0.15, 0.2) is 5.03 Å². The van der Waals surface area contributed by atoms with Gasteiger partial charge in [-0.15, -0.1) is 0 Å². The van der Waals surface area contributed by atoms with E-state index in [4.69, 9.17) is 0 Å². The number of aryl methyl sites for hydroxylation is 1. The van der Waals surface area contributed by atoms with Crippen LogP contribution < -0.4 is 10.0 Å². The van der Waals surface area contributed by atoms with Crippen molar-refractivity contribution in [3.8, 4) is 0 Å². The van der Waals surface area contributed by atoms with Crippen molar-refractivity contribution >= 4 is 10.0 Å². The zero-order valence-electron chi connectivity index (χ0n) is 10.6. The van der Waals surface area contributed by atoms with Gasteiger partial charge in [0.2, 0.25) is 0 Å². The maximum absolute atomic E-state index is 12.1. The molecular formula is C11H20N4O2S. The van der Waals surface area contributed by atoms with Crippen LogP contribution in [0.25, 0.3) is 0 Å². The van der Waals surface area contributed by atoms with Gasteiger partial charge in [-0.2, -0.15) is 5.10 Å². The molecule has 0 radical (unpaired) electrons. The summed E-state index contributed by atoms with van der Waals surface area (Å²) in [6, 6.07) is 1.54. The summed E-state index contributed by atoms with van der Waals surface area (Å²) in [6.45, 7) is 4.88. The van der Waals surface area contributed by atoms with Gasteiger partial charge in [0.25, 0.3) is 10.0 Å². The predicted octanol–water partition coefficient (Wildman–Crippen LogP) is 0.181. The van der Waals surface area contributed by atoms with E-state index in [1.165, 1.54) is 16.9 Å². The van der Waals surface area contributed by atoms with E-state index in [0.717, 1.165) is 25.9 Å². The molecule has 1 aromatic heterocycles. The molecule has 0 saturated carbocycles. The summed E-state index contributed by atoms with van der Waals surface area (Å²) in [7, 11) is -3.43. The van der Waals surface area contributed by atoms with E-state index in [-0.39, 0.29) is 5.03 Å². The molecule has 0 aromatic carbocycles. The quantitative estimate of drug-likeness (QED) is 0.802. The van der Waals surface area contributed by atoms with Crippen molar-refractivity contribution in [1.29, 1.82) is 0 Å². The summed E-state index contributed by atoms with van der Waals surface area (Å²) in [5.74, 6) is 0.430. The van der Waals surface area contributed by atoms with E-state index in [0.29, 0.717) is 19.0 Å². The third-order valence-corrected chi connectivity index (χ3v) is 4.72. The Morgan fingerprint density at radius 2 is 2.22 bits per heavy atom. The summed E-state index contributed by atoms with van der Waals surface area (Å²) in [5.41, 5.74) is 0. The average molecular weight is 272 g/mol. The molecular weight excluding hydrogens is 252 g/mol. The Morgan fingerprint density at radius 3 is 2.89 bits per heavy atom. The van der Waals surface area contributed by atoms with Crippen LogP contribution in [0.3, 0.4) is 0 Å².